The van der Waals surface area contributed by atoms with Gasteiger partial charge in [0.2, 0.25) is 0 Å². The van der Waals surface area contributed by atoms with Crippen LogP contribution in [0, 0.1) is 0 Å². The van der Waals surface area contributed by atoms with Crippen molar-refractivity contribution in [2.45, 2.75) is 51.2 Å². The third-order valence-electron chi connectivity index (χ3n) is 4.67. The fourth-order valence-corrected chi connectivity index (χ4v) is 3.08. The van der Waals surface area contributed by atoms with E-state index in [0.717, 1.165) is 24.0 Å². The van der Waals surface area contributed by atoms with Gasteiger partial charge in [-0.1, -0.05) is 60.7 Å². The van der Waals surface area contributed by atoms with Gasteiger partial charge >= 0.3 is 6.09 Å². The summed E-state index contributed by atoms with van der Waals surface area (Å²) in [6.07, 6.45) is 1.11. The highest BCUT2D eigenvalue weighted by Crippen LogP contribution is 2.17. The number of hydrogen-bond acceptors (Lipinski definition) is 4. The molecular weight excluding hydrogens is 342 g/mol. The number of alkyl carbamates (subject to hydrolysis) is 1. The maximum atomic E-state index is 11.6. The molecule has 0 spiro atoms. The molecule has 1 heterocycles. The second-order valence-electron chi connectivity index (χ2n) is 6.88. The van der Waals surface area contributed by atoms with Crippen LogP contribution in [0.2, 0.25) is 0 Å². The lowest BCUT2D eigenvalue weighted by atomic mass is 10.0. The standard InChI is InChI=1S/C22H27NO4/c1-17(26-15-19-10-6-3-7-11-19)12-13-20-21(27-22(24)23-20)16-25-14-18-8-4-2-5-9-18/h2-11,17,20-21H,12-16H2,1H3,(H,23,24)/t17-,20-,21-/m0/s1. The van der Waals surface area contributed by atoms with Crippen LogP contribution in [0.15, 0.2) is 60.7 Å². The van der Waals surface area contributed by atoms with Gasteiger partial charge in [-0.25, -0.2) is 4.79 Å². The van der Waals surface area contributed by atoms with Crippen LogP contribution >= 0.6 is 0 Å². The maximum Gasteiger partial charge on any atom is 0.407 e. The molecule has 0 unspecified atom stereocenters. The van der Waals surface area contributed by atoms with Crippen molar-refractivity contribution in [1.29, 1.82) is 0 Å². The number of rotatable bonds is 10. The summed E-state index contributed by atoms with van der Waals surface area (Å²) >= 11 is 0. The number of ether oxygens (including phenoxy) is 3. The van der Waals surface area contributed by atoms with E-state index in [1.807, 2.05) is 48.5 Å². The molecule has 0 radical (unpaired) electrons. The summed E-state index contributed by atoms with van der Waals surface area (Å²) < 4.78 is 17.0. The minimum Gasteiger partial charge on any atom is -0.442 e. The van der Waals surface area contributed by atoms with Gasteiger partial charge in [0.25, 0.3) is 0 Å². The smallest absolute Gasteiger partial charge is 0.407 e. The van der Waals surface area contributed by atoms with Crippen molar-refractivity contribution in [3.05, 3.63) is 71.8 Å². The summed E-state index contributed by atoms with van der Waals surface area (Å²) in [5.74, 6) is 0. The van der Waals surface area contributed by atoms with Crippen molar-refractivity contribution >= 4 is 6.09 Å². The largest absolute Gasteiger partial charge is 0.442 e. The van der Waals surface area contributed by atoms with E-state index < -0.39 is 0 Å². The first-order valence-electron chi connectivity index (χ1n) is 9.45. The Morgan fingerprint density at radius 1 is 1.00 bits per heavy atom. The average molecular weight is 369 g/mol. The predicted molar refractivity (Wildman–Crippen MR) is 103 cm³/mol. The number of cyclic esters (lactones) is 1. The second-order valence-corrected chi connectivity index (χ2v) is 6.88. The lowest BCUT2D eigenvalue weighted by Crippen LogP contribution is -2.35. The molecule has 0 aliphatic carbocycles. The maximum absolute atomic E-state index is 11.6. The molecule has 144 valence electrons. The van der Waals surface area contributed by atoms with Gasteiger partial charge in [-0.2, -0.15) is 0 Å². The molecule has 1 aliphatic rings. The van der Waals surface area contributed by atoms with Crippen molar-refractivity contribution < 1.29 is 19.0 Å². The monoisotopic (exact) mass is 369 g/mol. The molecule has 0 aromatic heterocycles. The Morgan fingerprint density at radius 2 is 1.63 bits per heavy atom. The normalized spacial score (nSPS) is 20.1. The Balaban J connectivity index is 1.38. The Hall–Kier alpha value is -2.37. The molecule has 27 heavy (non-hydrogen) atoms. The van der Waals surface area contributed by atoms with E-state index in [-0.39, 0.29) is 24.3 Å². The van der Waals surface area contributed by atoms with Gasteiger partial charge in [-0.3, -0.25) is 0 Å². The zero-order chi connectivity index (χ0) is 18.9. The van der Waals surface area contributed by atoms with E-state index in [2.05, 4.69) is 24.4 Å². The van der Waals surface area contributed by atoms with Crippen molar-refractivity contribution in [2.75, 3.05) is 6.61 Å². The van der Waals surface area contributed by atoms with Crippen LogP contribution in [0.25, 0.3) is 0 Å². The van der Waals surface area contributed by atoms with Gasteiger partial charge in [0, 0.05) is 0 Å². The molecule has 1 fully saturated rings. The average Bonchev–Trinajstić information content (AvgIpc) is 3.06. The van der Waals surface area contributed by atoms with Crippen LogP contribution in [-0.4, -0.2) is 30.9 Å². The molecule has 1 saturated heterocycles. The van der Waals surface area contributed by atoms with E-state index in [1.54, 1.807) is 0 Å². The van der Waals surface area contributed by atoms with Gasteiger partial charge in [-0.05, 0) is 30.9 Å². The highest BCUT2D eigenvalue weighted by atomic mass is 16.6. The molecule has 5 nitrogen and oxygen atoms in total. The number of amides is 1. The first kappa shape index (κ1) is 19.4. The van der Waals surface area contributed by atoms with Crippen molar-refractivity contribution in [3.8, 4) is 0 Å². The third kappa shape index (κ3) is 6.38. The lowest BCUT2D eigenvalue weighted by Gasteiger charge is -2.19. The Bertz CT molecular complexity index is 692. The van der Waals surface area contributed by atoms with E-state index >= 15 is 0 Å². The quantitative estimate of drug-likeness (QED) is 0.686. The van der Waals surface area contributed by atoms with Crippen LogP contribution in [0.4, 0.5) is 4.79 Å². The SMILES string of the molecule is C[C@@H](CC[C@@H]1NC(=O)O[C@H]1COCc1ccccc1)OCc1ccccc1. The van der Waals surface area contributed by atoms with Gasteiger partial charge < -0.3 is 19.5 Å². The van der Waals surface area contributed by atoms with Gasteiger partial charge in [0.05, 0.1) is 32.0 Å². The minimum atomic E-state index is -0.369. The molecule has 3 rings (SSSR count). The summed E-state index contributed by atoms with van der Waals surface area (Å²) in [5.41, 5.74) is 2.27. The van der Waals surface area contributed by atoms with Gasteiger partial charge in [0.15, 0.2) is 0 Å². The van der Waals surface area contributed by atoms with Crippen LogP contribution < -0.4 is 5.32 Å². The fraction of sp³-hybridized carbons (Fsp3) is 0.409. The minimum absolute atomic E-state index is 0.0453. The summed E-state index contributed by atoms with van der Waals surface area (Å²) in [6.45, 7) is 3.55. The number of carbonyl (C=O) groups is 1. The Kier molecular flexibility index (Phi) is 7.25. The molecule has 2 aromatic rings. The molecule has 0 bridgehead atoms. The van der Waals surface area contributed by atoms with E-state index in [1.165, 1.54) is 0 Å². The molecule has 1 N–H and O–H groups in total. The van der Waals surface area contributed by atoms with Gasteiger partial charge in [0.1, 0.15) is 6.10 Å². The number of benzene rings is 2. The molecule has 2 aromatic carbocycles. The number of nitrogens with one attached hydrogen (secondary N) is 1. The fourth-order valence-electron chi connectivity index (χ4n) is 3.08. The Labute approximate surface area is 160 Å². The molecule has 5 heteroatoms. The molecule has 1 aliphatic heterocycles. The highest BCUT2D eigenvalue weighted by molar-refractivity contribution is 5.70. The van der Waals surface area contributed by atoms with Crippen LogP contribution in [-0.2, 0) is 27.4 Å². The van der Waals surface area contributed by atoms with Crippen LogP contribution in [0.3, 0.4) is 0 Å². The summed E-state index contributed by atoms with van der Waals surface area (Å²) in [4.78, 5) is 11.6. The molecular formula is C22H27NO4. The molecule has 0 saturated carbocycles. The second kappa shape index (κ2) is 10.1. The highest BCUT2D eigenvalue weighted by Gasteiger charge is 2.34. The van der Waals surface area contributed by atoms with Crippen LogP contribution in [0.1, 0.15) is 30.9 Å². The number of carbonyl (C=O) groups excluding carboxylic acids is 1. The topological polar surface area (TPSA) is 56.8 Å². The lowest BCUT2D eigenvalue weighted by molar-refractivity contribution is 0.0189. The van der Waals surface area contributed by atoms with E-state index in [4.69, 9.17) is 14.2 Å². The van der Waals surface area contributed by atoms with Crippen molar-refractivity contribution in [2.24, 2.45) is 0 Å². The summed E-state index contributed by atoms with van der Waals surface area (Å²) in [7, 11) is 0. The van der Waals surface area contributed by atoms with E-state index in [0.29, 0.717) is 19.8 Å². The van der Waals surface area contributed by atoms with Crippen molar-refractivity contribution in [3.63, 3.8) is 0 Å². The molecule has 3 atom stereocenters. The van der Waals surface area contributed by atoms with Gasteiger partial charge in [-0.15, -0.1) is 0 Å². The summed E-state index contributed by atoms with van der Waals surface area (Å²) in [5, 5.41) is 2.89. The zero-order valence-corrected chi connectivity index (χ0v) is 15.7. The Morgan fingerprint density at radius 3 is 2.30 bits per heavy atom. The van der Waals surface area contributed by atoms with Crippen LogP contribution in [0.5, 0.6) is 0 Å². The number of hydrogen-bond donors (Lipinski definition) is 1. The zero-order valence-electron chi connectivity index (χ0n) is 15.7. The molecule has 1 amide bonds. The van der Waals surface area contributed by atoms with Crippen molar-refractivity contribution in [1.82, 2.24) is 5.32 Å². The predicted octanol–water partition coefficient (Wildman–Crippen LogP) is 4.07. The first-order chi connectivity index (χ1) is 13.2. The summed E-state index contributed by atoms with van der Waals surface area (Å²) in [6, 6.07) is 20.0. The third-order valence-corrected chi connectivity index (χ3v) is 4.67. The first-order valence-corrected chi connectivity index (χ1v) is 9.45. The van der Waals surface area contributed by atoms with E-state index in [9.17, 15) is 4.79 Å².